The fourth-order valence-corrected chi connectivity index (χ4v) is 8.72. The Morgan fingerprint density at radius 1 is 0.439 bits per heavy atom. The molecule has 9 rings (SSSR count). The summed E-state index contributed by atoms with van der Waals surface area (Å²) in [5.41, 5.74) is 12.7. The molecule has 0 amide bonds. The molecule has 0 saturated carbocycles. The molecular formula is C39H25NS. The van der Waals surface area contributed by atoms with E-state index in [1.54, 1.807) is 0 Å². The molecule has 2 aliphatic rings. The number of nitrogens with zero attached hydrogens (tertiary/aromatic N) is 1. The quantitative estimate of drug-likeness (QED) is 0.216. The third-order valence-corrected chi connectivity index (χ3v) is 10.1. The molecule has 1 heterocycles. The Morgan fingerprint density at radius 2 is 1.00 bits per heavy atom. The summed E-state index contributed by atoms with van der Waals surface area (Å²) in [4.78, 5) is 3.82. The first-order chi connectivity index (χ1) is 20.4. The Balaban J connectivity index is 1.40. The van der Waals surface area contributed by atoms with E-state index in [1.807, 2.05) is 11.3 Å². The van der Waals surface area contributed by atoms with Crippen molar-refractivity contribution in [3.63, 3.8) is 0 Å². The molecular weight excluding hydrogens is 515 g/mol. The zero-order valence-electron chi connectivity index (χ0n) is 22.3. The maximum absolute atomic E-state index is 2.47. The second-order valence-electron chi connectivity index (χ2n) is 10.9. The van der Waals surface area contributed by atoms with Crippen LogP contribution in [0, 0.1) is 0 Å². The van der Waals surface area contributed by atoms with E-state index < -0.39 is 0 Å². The number of para-hydroxylation sites is 2. The zero-order valence-corrected chi connectivity index (χ0v) is 23.1. The maximum atomic E-state index is 2.47. The Labute approximate surface area is 243 Å². The normalized spacial score (nSPS) is 13.6. The summed E-state index contributed by atoms with van der Waals surface area (Å²) >= 11 is 1.96. The Bertz CT molecular complexity index is 2020. The van der Waals surface area contributed by atoms with Gasteiger partial charge in [-0.3, -0.25) is 0 Å². The van der Waals surface area contributed by atoms with Crippen molar-refractivity contribution in [1.82, 2.24) is 0 Å². The number of hydrogen-bond acceptors (Lipinski definition) is 2. The molecule has 1 aromatic heterocycles. The lowest BCUT2D eigenvalue weighted by Crippen LogP contribution is -2.25. The molecule has 1 nitrogen and oxygen atoms in total. The first kappa shape index (κ1) is 22.9. The van der Waals surface area contributed by atoms with Crippen LogP contribution in [0.25, 0.3) is 32.3 Å². The predicted octanol–water partition coefficient (Wildman–Crippen LogP) is 10.7. The van der Waals surface area contributed by atoms with Crippen LogP contribution in [0.5, 0.6) is 0 Å². The van der Waals surface area contributed by atoms with Crippen LogP contribution in [0.3, 0.4) is 0 Å². The minimum Gasteiger partial charge on any atom is -0.310 e. The van der Waals surface area contributed by atoms with E-state index in [2.05, 4.69) is 157 Å². The van der Waals surface area contributed by atoms with Crippen LogP contribution in [0.1, 0.15) is 21.6 Å². The number of anilines is 3. The molecule has 0 N–H and O–H groups in total. The van der Waals surface area contributed by atoms with E-state index in [0.717, 1.165) is 11.4 Å². The van der Waals surface area contributed by atoms with Gasteiger partial charge < -0.3 is 4.90 Å². The van der Waals surface area contributed by atoms with Crippen LogP contribution in [-0.2, 0) is 5.41 Å². The molecule has 0 atom stereocenters. The van der Waals surface area contributed by atoms with E-state index in [-0.39, 0.29) is 5.41 Å². The average Bonchev–Trinajstić information content (AvgIpc) is 3.66. The number of fused-ring (bicyclic) bond motifs is 12. The molecule has 0 bridgehead atoms. The van der Waals surface area contributed by atoms with Crippen molar-refractivity contribution < 1.29 is 0 Å². The molecule has 192 valence electrons. The third kappa shape index (κ3) is 3.00. The van der Waals surface area contributed by atoms with Gasteiger partial charge >= 0.3 is 0 Å². The SMILES string of the molecule is c1ccc(N(c2ccccc2)c2ccc3c(c2)C2(c4ccccc4-c4ccccc42)c2sc4ccccc4c2-3)cc1. The summed E-state index contributed by atoms with van der Waals surface area (Å²) in [5.74, 6) is 0. The third-order valence-electron chi connectivity index (χ3n) is 8.85. The molecule has 6 aromatic carbocycles. The van der Waals surface area contributed by atoms with Gasteiger partial charge in [0.15, 0.2) is 0 Å². The van der Waals surface area contributed by atoms with Gasteiger partial charge in [-0.25, -0.2) is 0 Å². The lowest BCUT2D eigenvalue weighted by Gasteiger charge is -2.31. The molecule has 0 radical (unpaired) electrons. The standard InChI is InChI=1S/C39H25NS/c1-3-13-26(14-4-1)40(27-15-5-2-6-16-27)28-23-24-31-35(25-28)39(38-37(31)32-19-9-12-22-36(32)41-38)33-20-10-7-17-29(33)30-18-8-11-21-34(30)39/h1-25H. The van der Waals surface area contributed by atoms with Crippen LogP contribution in [0.15, 0.2) is 152 Å². The van der Waals surface area contributed by atoms with Crippen molar-refractivity contribution in [3.8, 4) is 22.3 Å². The lowest BCUT2D eigenvalue weighted by molar-refractivity contribution is 0.811. The van der Waals surface area contributed by atoms with E-state index in [4.69, 9.17) is 0 Å². The van der Waals surface area contributed by atoms with Crippen molar-refractivity contribution in [1.29, 1.82) is 0 Å². The number of hydrogen-bond donors (Lipinski definition) is 0. The van der Waals surface area contributed by atoms with Crippen LogP contribution < -0.4 is 4.90 Å². The second kappa shape index (κ2) is 8.54. The summed E-state index contributed by atoms with van der Waals surface area (Å²) in [6.07, 6.45) is 0. The second-order valence-corrected chi connectivity index (χ2v) is 11.9. The first-order valence-electron chi connectivity index (χ1n) is 14.1. The molecule has 0 aliphatic heterocycles. The van der Waals surface area contributed by atoms with E-state index in [9.17, 15) is 0 Å². The highest BCUT2D eigenvalue weighted by Gasteiger charge is 2.53. The fraction of sp³-hybridized carbons (Fsp3) is 0.0256. The van der Waals surface area contributed by atoms with Gasteiger partial charge in [-0.1, -0.05) is 109 Å². The van der Waals surface area contributed by atoms with Gasteiger partial charge in [0.1, 0.15) is 0 Å². The molecule has 2 aliphatic carbocycles. The Morgan fingerprint density at radius 3 is 1.66 bits per heavy atom. The minimum atomic E-state index is -0.351. The monoisotopic (exact) mass is 539 g/mol. The van der Waals surface area contributed by atoms with Crippen molar-refractivity contribution >= 4 is 38.5 Å². The van der Waals surface area contributed by atoms with Crippen molar-refractivity contribution in [3.05, 3.63) is 173 Å². The van der Waals surface area contributed by atoms with Gasteiger partial charge in [-0.2, -0.15) is 0 Å². The van der Waals surface area contributed by atoms with Crippen LogP contribution in [0.2, 0.25) is 0 Å². The van der Waals surface area contributed by atoms with Crippen molar-refractivity contribution in [2.24, 2.45) is 0 Å². The van der Waals surface area contributed by atoms with Gasteiger partial charge in [0, 0.05) is 37.6 Å². The van der Waals surface area contributed by atoms with Gasteiger partial charge in [-0.15, -0.1) is 11.3 Å². The summed E-state index contributed by atoms with van der Waals surface area (Å²) in [6, 6.07) is 55.6. The number of benzene rings is 6. The largest absolute Gasteiger partial charge is 0.310 e. The minimum absolute atomic E-state index is 0.351. The van der Waals surface area contributed by atoms with Crippen LogP contribution >= 0.6 is 11.3 Å². The molecule has 0 fully saturated rings. The topological polar surface area (TPSA) is 3.24 Å². The zero-order chi connectivity index (χ0) is 27.0. The van der Waals surface area contributed by atoms with Crippen molar-refractivity contribution in [2.45, 2.75) is 5.41 Å². The molecule has 2 heteroatoms. The maximum Gasteiger partial charge on any atom is 0.0820 e. The number of thiophene rings is 1. The van der Waals surface area contributed by atoms with Crippen LogP contribution in [-0.4, -0.2) is 0 Å². The Kier molecular flexibility index (Phi) is 4.76. The molecule has 41 heavy (non-hydrogen) atoms. The van der Waals surface area contributed by atoms with E-state index in [1.165, 1.54) is 59.6 Å². The molecule has 0 saturated heterocycles. The first-order valence-corrected chi connectivity index (χ1v) is 14.9. The van der Waals surface area contributed by atoms with Gasteiger partial charge in [0.2, 0.25) is 0 Å². The highest BCUT2D eigenvalue weighted by molar-refractivity contribution is 7.20. The molecule has 7 aromatic rings. The summed E-state index contributed by atoms with van der Waals surface area (Å²) in [5, 5.41) is 1.35. The van der Waals surface area contributed by atoms with Gasteiger partial charge in [0.25, 0.3) is 0 Å². The van der Waals surface area contributed by atoms with Crippen LogP contribution in [0.4, 0.5) is 17.1 Å². The van der Waals surface area contributed by atoms with E-state index >= 15 is 0 Å². The molecule has 0 unspecified atom stereocenters. The van der Waals surface area contributed by atoms with Crippen molar-refractivity contribution in [2.75, 3.05) is 4.90 Å². The predicted molar refractivity (Wildman–Crippen MR) is 173 cm³/mol. The molecule has 1 spiro atoms. The fourth-order valence-electron chi connectivity index (χ4n) is 7.27. The smallest absolute Gasteiger partial charge is 0.0820 e. The summed E-state index contributed by atoms with van der Waals surface area (Å²) in [6.45, 7) is 0. The van der Waals surface area contributed by atoms with Gasteiger partial charge in [-0.05, 0) is 75.8 Å². The number of rotatable bonds is 3. The highest BCUT2D eigenvalue weighted by atomic mass is 32.1. The lowest BCUT2D eigenvalue weighted by atomic mass is 9.73. The summed E-state index contributed by atoms with van der Waals surface area (Å²) < 4.78 is 1.35. The van der Waals surface area contributed by atoms with E-state index in [0.29, 0.717) is 0 Å². The summed E-state index contributed by atoms with van der Waals surface area (Å²) in [7, 11) is 0. The average molecular weight is 540 g/mol. The van der Waals surface area contributed by atoms with Gasteiger partial charge in [0.05, 0.1) is 5.41 Å². The highest BCUT2D eigenvalue weighted by Crippen LogP contribution is 2.66. The Hall–Kier alpha value is -4.92.